The fraction of sp³-hybridized carbons (Fsp3) is 0.333. The van der Waals surface area contributed by atoms with Gasteiger partial charge >= 0.3 is 0 Å². The van der Waals surface area contributed by atoms with Crippen LogP contribution in [0.2, 0.25) is 0 Å². The molecule has 0 bridgehead atoms. The molecule has 0 atom stereocenters. The predicted octanol–water partition coefficient (Wildman–Crippen LogP) is 0.599. The minimum atomic E-state index is -0.975. The Labute approximate surface area is 71.5 Å². The van der Waals surface area contributed by atoms with Gasteiger partial charge < -0.3 is 5.11 Å². The Morgan fingerprint density at radius 1 is 1.42 bits per heavy atom. The minimum Gasteiger partial charge on any atom is -0.378 e. The van der Waals surface area contributed by atoms with E-state index >= 15 is 0 Å². The highest BCUT2D eigenvalue weighted by atomic mass is 16.3. The summed E-state index contributed by atoms with van der Waals surface area (Å²) in [6.07, 6.45) is 4.70. The Balaban J connectivity index is 2.81. The van der Waals surface area contributed by atoms with E-state index in [1.807, 2.05) is 0 Å². The maximum atomic E-state index is 9.26. The Kier molecular flexibility index (Phi) is 2.41. The summed E-state index contributed by atoms with van der Waals surface area (Å²) in [4.78, 5) is 7.77. The van der Waals surface area contributed by atoms with Crippen LogP contribution in [0.15, 0.2) is 18.6 Å². The van der Waals surface area contributed by atoms with E-state index in [1.54, 1.807) is 32.4 Å². The van der Waals surface area contributed by atoms with E-state index in [2.05, 4.69) is 21.8 Å². The van der Waals surface area contributed by atoms with Crippen molar-refractivity contribution in [3.8, 4) is 11.8 Å². The Morgan fingerprint density at radius 2 is 2.17 bits per heavy atom. The van der Waals surface area contributed by atoms with Gasteiger partial charge in [0, 0.05) is 12.4 Å². The molecular weight excluding hydrogens is 152 g/mol. The monoisotopic (exact) mass is 162 g/mol. The van der Waals surface area contributed by atoms with Crippen molar-refractivity contribution in [1.82, 2.24) is 9.97 Å². The molecule has 0 aliphatic heterocycles. The van der Waals surface area contributed by atoms with E-state index < -0.39 is 5.60 Å². The fourth-order valence-electron chi connectivity index (χ4n) is 0.581. The van der Waals surface area contributed by atoms with Crippen molar-refractivity contribution in [3.63, 3.8) is 0 Å². The van der Waals surface area contributed by atoms with Gasteiger partial charge in [-0.15, -0.1) is 0 Å². The van der Waals surface area contributed by atoms with E-state index in [4.69, 9.17) is 0 Å². The van der Waals surface area contributed by atoms with Crippen molar-refractivity contribution in [1.29, 1.82) is 0 Å². The van der Waals surface area contributed by atoms with E-state index in [-0.39, 0.29) is 0 Å². The number of hydrogen-bond acceptors (Lipinski definition) is 3. The molecule has 0 unspecified atom stereocenters. The zero-order valence-electron chi connectivity index (χ0n) is 7.07. The van der Waals surface area contributed by atoms with E-state index in [0.717, 1.165) is 0 Å². The molecule has 1 rings (SSSR count). The van der Waals surface area contributed by atoms with Crippen molar-refractivity contribution < 1.29 is 5.11 Å². The Bertz CT molecular complexity index is 303. The molecule has 0 saturated carbocycles. The first kappa shape index (κ1) is 8.69. The van der Waals surface area contributed by atoms with Crippen LogP contribution in [0.5, 0.6) is 0 Å². The van der Waals surface area contributed by atoms with Gasteiger partial charge in [0.2, 0.25) is 0 Å². The molecule has 0 amide bonds. The summed E-state index contributed by atoms with van der Waals surface area (Å²) in [6, 6.07) is 0. The Hall–Kier alpha value is -1.40. The molecule has 0 radical (unpaired) electrons. The van der Waals surface area contributed by atoms with Gasteiger partial charge in [-0.1, -0.05) is 5.92 Å². The highest BCUT2D eigenvalue weighted by molar-refractivity contribution is 5.27. The quantitative estimate of drug-likeness (QED) is 0.568. The van der Waals surface area contributed by atoms with E-state index in [0.29, 0.717) is 5.69 Å². The molecule has 1 aromatic heterocycles. The van der Waals surface area contributed by atoms with Gasteiger partial charge in [-0.2, -0.15) is 0 Å². The van der Waals surface area contributed by atoms with Crippen LogP contribution in [-0.2, 0) is 0 Å². The molecule has 1 N–H and O–H groups in total. The van der Waals surface area contributed by atoms with Crippen molar-refractivity contribution in [2.75, 3.05) is 0 Å². The van der Waals surface area contributed by atoms with Crippen LogP contribution in [-0.4, -0.2) is 20.7 Å². The molecule has 0 aliphatic carbocycles. The molecule has 1 aromatic rings. The number of nitrogens with zero attached hydrogens (tertiary/aromatic N) is 2. The van der Waals surface area contributed by atoms with Gasteiger partial charge in [0.1, 0.15) is 11.3 Å². The van der Waals surface area contributed by atoms with Gasteiger partial charge in [-0.25, -0.2) is 4.98 Å². The third-order valence-electron chi connectivity index (χ3n) is 1.06. The number of aliphatic hydroxyl groups is 1. The summed E-state index contributed by atoms with van der Waals surface area (Å²) < 4.78 is 0. The van der Waals surface area contributed by atoms with Crippen LogP contribution >= 0.6 is 0 Å². The van der Waals surface area contributed by atoms with Gasteiger partial charge in [0.15, 0.2) is 0 Å². The van der Waals surface area contributed by atoms with Crippen molar-refractivity contribution >= 4 is 0 Å². The van der Waals surface area contributed by atoms with Crippen LogP contribution in [0.4, 0.5) is 0 Å². The van der Waals surface area contributed by atoms with Gasteiger partial charge in [0.25, 0.3) is 0 Å². The lowest BCUT2D eigenvalue weighted by Crippen LogP contribution is -2.14. The van der Waals surface area contributed by atoms with Crippen LogP contribution in [0.25, 0.3) is 0 Å². The highest BCUT2D eigenvalue weighted by Gasteiger charge is 2.05. The van der Waals surface area contributed by atoms with Crippen molar-refractivity contribution in [3.05, 3.63) is 24.3 Å². The van der Waals surface area contributed by atoms with Crippen LogP contribution < -0.4 is 0 Å². The molecular formula is C9H10N2O. The molecule has 0 spiro atoms. The summed E-state index contributed by atoms with van der Waals surface area (Å²) in [7, 11) is 0. The largest absolute Gasteiger partial charge is 0.378 e. The molecule has 3 nitrogen and oxygen atoms in total. The smallest absolute Gasteiger partial charge is 0.131 e. The third kappa shape index (κ3) is 3.13. The second kappa shape index (κ2) is 3.33. The van der Waals surface area contributed by atoms with Gasteiger partial charge in [-0.05, 0) is 19.8 Å². The minimum absolute atomic E-state index is 0.569. The number of rotatable bonds is 0. The zero-order chi connectivity index (χ0) is 9.03. The predicted molar refractivity (Wildman–Crippen MR) is 45.2 cm³/mol. The van der Waals surface area contributed by atoms with Crippen molar-refractivity contribution in [2.45, 2.75) is 19.4 Å². The standard InChI is InChI=1S/C9H10N2O/c1-9(2,12)4-3-8-7-10-5-6-11-8/h5-7,12H,1-2H3. The average molecular weight is 162 g/mol. The number of hydrogen-bond donors (Lipinski definition) is 1. The maximum absolute atomic E-state index is 9.26. The molecule has 0 aromatic carbocycles. The van der Waals surface area contributed by atoms with Crippen LogP contribution in [0.3, 0.4) is 0 Å². The third-order valence-corrected chi connectivity index (χ3v) is 1.06. The topological polar surface area (TPSA) is 46.0 Å². The Morgan fingerprint density at radius 3 is 2.67 bits per heavy atom. The summed E-state index contributed by atoms with van der Waals surface area (Å²) in [5.41, 5.74) is -0.406. The highest BCUT2D eigenvalue weighted by Crippen LogP contribution is 1.97. The second-order valence-electron chi connectivity index (χ2n) is 2.90. The van der Waals surface area contributed by atoms with Gasteiger partial charge in [-0.3, -0.25) is 4.98 Å². The van der Waals surface area contributed by atoms with Crippen LogP contribution in [0, 0.1) is 11.8 Å². The summed E-state index contributed by atoms with van der Waals surface area (Å²) in [5, 5.41) is 9.26. The zero-order valence-corrected chi connectivity index (χ0v) is 7.07. The van der Waals surface area contributed by atoms with Gasteiger partial charge in [0.05, 0.1) is 6.20 Å². The SMILES string of the molecule is CC(C)(O)C#Cc1cnccn1. The molecule has 0 saturated heterocycles. The molecule has 12 heavy (non-hydrogen) atoms. The van der Waals surface area contributed by atoms with Crippen LogP contribution in [0.1, 0.15) is 19.5 Å². The summed E-state index contributed by atoms with van der Waals surface area (Å²) in [6.45, 7) is 3.24. The second-order valence-corrected chi connectivity index (χ2v) is 2.90. The van der Waals surface area contributed by atoms with E-state index in [9.17, 15) is 5.11 Å². The first-order valence-electron chi connectivity index (χ1n) is 3.59. The molecule has 0 fully saturated rings. The maximum Gasteiger partial charge on any atom is 0.131 e. The van der Waals surface area contributed by atoms with Crippen molar-refractivity contribution in [2.24, 2.45) is 0 Å². The normalized spacial score (nSPS) is 10.2. The first-order valence-corrected chi connectivity index (χ1v) is 3.59. The fourth-order valence-corrected chi connectivity index (χ4v) is 0.581. The lowest BCUT2D eigenvalue weighted by Gasteiger charge is -2.05. The molecule has 3 heteroatoms. The molecule has 62 valence electrons. The summed E-state index contributed by atoms with van der Waals surface area (Å²) in [5.74, 6) is 5.35. The lowest BCUT2D eigenvalue weighted by molar-refractivity contribution is 0.143. The first-order chi connectivity index (χ1) is 5.58. The number of aromatic nitrogens is 2. The molecule has 1 heterocycles. The lowest BCUT2D eigenvalue weighted by atomic mass is 10.1. The molecule has 0 aliphatic rings. The average Bonchev–Trinajstić information content (AvgIpc) is 2.02. The van der Waals surface area contributed by atoms with E-state index in [1.165, 1.54) is 0 Å². The summed E-state index contributed by atoms with van der Waals surface area (Å²) >= 11 is 0.